The third-order valence-electron chi connectivity index (χ3n) is 6.62. The predicted octanol–water partition coefficient (Wildman–Crippen LogP) is 5.24. The van der Waals surface area contributed by atoms with Crippen molar-refractivity contribution in [2.75, 3.05) is 0 Å². The summed E-state index contributed by atoms with van der Waals surface area (Å²) in [5.74, 6) is 0.750. The molecule has 27 heavy (non-hydrogen) atoms. The molecule has 1 unspecified atom stereocenters. The van der Waals surface area contributed by atoms with Crippen molar-refractivity contribution in [2.45, 2.75) is 64.2 Å². The summed E-state index contributed by atoms with van der Waals surface area (Å²) in [5, 5.41) is 11.2. The third-order valence-corrected chi connectivity index (χ3v) is 6.62. The summed E-state index contributed by atoms with van der Waals surface area (Å²) in [7, 11) is 0. The van der Waals surface area contributed by atoms with Gasteiger partial charge in [0, 0.05) is 35.4 Å². The number of benzene rings is 1. The normalized spacial score (nSPS) is 23.4. The first-order valence-corrected chi connectivity index (χ1v) is 10.2. The topological polar surface area (TPSA) is 44.3 Å². The van der Waals surface area contributed by atoms with E-state index in [1.165, 1.54) is 43.2 Å². The van der Waals surface area contributed by atoms with Crippen molar-refractivity contribution in [1.82, 2.24) is 9.47 Å². The zero-order valence-electron chi connectivity index (χ0n) is 16.1. The van der Waals surface area contributed by atoms with Crippen LogP contribution in [0.4, 0.5) is 0 Å². The smallest absolute Gasteiger partial charge is 0.163 e. The molecule has 2 saturated carbocycles. The highest BCUT2D eigenvalue weighted by Gasteiger charge is 2.38. The molecule has 0 amide bonds. The molecule has 2 fully saturated rings. The highest BCUT2D eigenvalue weighted by atomic mass is 15.3. The number of allylic oxidation sites excluding steroid dienone is 1. The number of nitriles is 1. The Bertz CT molecular complexity index is 982. The van der Waals surface area contributed by atoms with Gasteiger partial charge in [-0.2, -0.15) is 5.26 Å². The maximum absolute atomic E-state index is 10.1. The molecular formula is C23H26N4. The van der Waals surface area contributed by atoms with E-state index in [0.717, 1.165) is 22.6 Å². The molecule has 1 aromatic carbocycles. The van der Waals surface area contributed by atoms with E-state index in [2.05, 4.69) is 53.8 Å². The van der Waals surface area contributed by atoms with Gasteiger partial charge in [0.2, 0.25) is 0 Å². The molecule has 2 heterocycles. The van der Waals surface area contributed by atoms with Crippen molar-refractivity contribution < 1.29 is 0 Å². The molecule has 2 aliphatic carbocycles. The van der Waals surface area contributed by atoms with Gasteiger partial charge in [0.15, 0.2) is 6.17 Å². The zero-order chi connectivity index (χ0) is 18.5. The largest absolute Gasteiger partial charge is 0.348 e. The molecule has 2 aromatic rings. The number of nitrogens with zero attached hydrogens (tertiary/aromatic N) is 4. The Labute approximate surface area is 160 Å². The average Bonchev–Trinajstić information content (AvgIpc) is 3.44. The van der Waals surface area contributed by atoms with Crippen LogP contribution in [-0.2, 0) is 0 Å². The first kappa shape index (κ1) is 16.6. The van der Waals surface area contributed by atoms with Crippen molar-refractivity contribution in [3.8, 4) is 6.07 Å². The minimum absolute atomic E-state index is 0.103. The maximum Gasteiger partial charge on any atom is 0.163 e. The number of aliphatic imine (C=N–C) groups is 1. The van der Waals surface area contributed by atoms with Crippen molar-refractivity contribution in [2.24, 2.45) is 10.9 Å². The van der Waals surface area contributed by atoms with E-state index < -0.39 is 0 Å². The minimum atomic E-state index is -0.103. The van der Waals surface area contributed by atoms with E-state index in [-0.39, 0.29) is 6.17 Å². The predicted molar refractivity (Wildman–Crippen MR) is 109 cm³/mol. The van der Waals surface area contributed by atoms with Crippen LogP contribution in [0.25, 0.3) is 10.9 Å². The number of aromatic nitrogens is 1. The highest BCUT2D eigenvalue weighted by molar-refractivity contribution is 5.89. The summed E-state index contributed by atoms with van der Waals surface area (Å²) in [5.41, 5.74) is 4.30. The van der Waals surface area contributed by atoms with Crippen LogP contribution in [0.5, 0.6) is 0 Å². The van der Waals surface area contributed by atoms with Crippen LogP contribution >= 0.6 is 0 Å². The van der Waals surface area contributed by atoms with E-state index in [0.29, 0.717) is 12.1 Å². The second-order valence-corrected chi connectivity index (χ2v) is 8.39. The molecule has 0 bridgehead atoms. The third kappa shape index (κ3) is 2.60. The lowest BCUT2D eigenvalue weighted by Crippen LogP contribution is -2.36. The van der Waals surface area contributed by atoms with Gasteiger partial charge in [0.25, 0.3) is 0 Å². The van der Waals surface area contributed by atoms with Crippen molar-refractivity contribution in [1.29, 1.82) is 5.26 Å². The second-order valence-electron chi connectivity index (χ2n) is 8.39. The maximum atomic E-state index is 10.1. The molecule has 3 aliphatic rings. The lowest BCUT2D eigenvalue weighted by Gasteiger charge is -2.38. The standard InChI is InChI=1S/C23H26N4/c1-15-7-10-21-19(13-15)20(14-24)22(27(21)18-5-3-6-18)23-25-11-4-12-26(23)16(2)17-8-9-17/h4,7,10-13,16-18,23H,3,5-6,8-9H2,1-2H3/t16-,23?/m0/s1. The van der Waals surface area contributed by atoms with Crippen molar-refractivity contribution in [3.05, 3.63) is 47.3 Å². The summed E-state index contributed by atoms with van der Waals surface area (Å²) in [4.78, 5) is 7.27. The van der Waals surface area contributed by atoms with Crippen LogP contribution in [0.3, 0.4) is 0 Å². The number of hydrogen-bond acceptors (Lipinski definition) is 3. The van der Waals surface area contributed by atoms with Gasteiger partial charge in [0.05, 0.1) is 11.3 Å². The van der Waals surface area contributed by atoms with Gasteiger partial charge in [-0.25, -0.2) is 0 Å². The van der Waals surface area contributed by atoms with Gasteiger partial charge in [-0.15, -0.1) is 0 Å². The molecule has 138 valence electrons. The molecule has 4 heteroatoms. The van der Waals surface area contributed by atoms with Gasteiger partial charge in [-0.3, -0.25) is 4.99 Å². The van der Waals surface area contributed by atoms with E-state index >= 15 is 0 Å². The highest BCUT2D eigenvalue weighted by Crippen LogP contribution is 2.45. The van der Waals surface area contributed by atoms with Gasteiger partial charge in [-0.05, 0) is 70.1 Å². The van der Waals surface area contributed by atoms with Crippen LogP contribution in [0.1, 0.15) is 68.1 Å². The van der Waals surface area contributed by atoms with Gasteiger partial charge in [0.1, 0.15) is 6.07 Å². The molecule has 1 aromatic heterocycles. The lowest BCUT2D eigenvalue weighted by molar-refractivity contribution is 0.187. The van der Waals surface area contributed by atoms with Gasteiger partial charge < -0.3 is 9.47 Å². The first-order valence-electron chi connectivity index (χ1n) is 10.2. The Kier molecular flexibility index (Phi) is 3.86. The van der Waals surface area contributed by atoms with Crippen LogP contribution in [-0.4, -0.2) is 21.7 Å². The molecule has 0 N–H and O–H groups in total. The van der Waals surface area contributed by atoms with E-state index in [9.17, 15) is 5.26 Å². The van der Waals surface area contributed by atoms with Gasteiger partial charge >= 0.3 is 0 Å². The van der Waals surface area contributed by atoms with Crippen LogP contribution in [0.15, 0.2) is 35.5 Å². The number of aryl methyl sites for hydroxylation is 1. The summed E-state index contributed by atoms with van der Waals surface area (Å²) in [6, 6.07) is 10.0. The molecule has 0 spiro atoms. The minimum Gasteiger partial charge on any atom is -0.348 e. The Balaban J connectivity index is 1.72. The van der Waals surface area contributed by atoms with E-state index in [1.807, 2.05) is 12.3 Å². The van der Waals surface area contributed by atoms with Crippen LogP contribution in [0, 0.1) is 24.2 Å². The number of fused-ring (bicyclic) bond motifs is 1. The summed E-state index contributed by atoms with van der Waals surface area (Å²) in [6.07, 6.45) is 12.3. The molecule has 5 rings (SSSR count). The lowest BCUT2D eigenvalue weighted by atomic mass is 9.92. The fourth-order valence-electron chi connectivity index (χ4n) is 4.68. The molecule has 2 atom stereocenters. The fourth-order valence-corrected chi connectivity index (χ4v) is 4.68. The Hall–Kier alpha value is -2.54. The average molecular weight is 358 g/mol. The Morgan fingerprint density at radius 1 is 1.22 bits per heavy atom. The summed E-state index contributed by atoms with van der Waals surface area (Å²) < 4.78 is 2.45. The number of rotatable bonds is 4. The quantitative estimate of drug-likeness (QED) is 0.750. The summed E-state index contributed by atoms with van der Waals surface area (Å²) >= 11 is 0. The molecule has 4 nitrogen and oxygen atoms in total. The van der Waals surface area contributed by atoms with Crippen molar-refractivity contribution in [3.63, 3.8) is 0 Å². The fraction of sp³-hybridized carbons (Fsp3) is 0.478. The Morgan fingerprint density at radius 3 is 2.70 bits per heavy atom. The Morgan fingerprint density at radius 2 is 2.04 bits per heavy atom. The SMILES string of the molecule is Cc1ccc2c(c1)c(C#N)c(C1N=CC=CN1[C@@H](C)C1CC1)n2C1CCC1. The van der Waals surface area contributed by atoms with Crippen LogP contribution < -0.4 is 0 Å². The first-order chi connectivity index (χ1) is 13.2. The molecule has 0 radical (unpaired) electrons. The van der Waals surface area contributed by atoms with Crippen LogP contribution in [0.2, 0.25) is 0 Å². The second kappa shape index (κ2) is 6.27. The van der Waals surface area contributed by atoms with Crippen molar-refractivity contribution >= 4 is 17.1 Å². The number of hydrogen-bond donors (Lipinski definition) is 0. The molecule has 0 saturated heterocycles. The van der Waals surface area contributed by atoms with E-state index in [1.54, 1.807) is 0 Å². The van der Waals surface area contributed by atoms with E-state index in [4.69, 9.17) is 4.99 Å². The van der Waals surface area contributed by atoms with Gasteiger partial charge in [-0.1, -0.05) is 11.6 Å². The zero-order valence-corrected chi connectivity index (χ0v) is 16.1. The summed E-state index contributed by atoms with van der Waals surface area (Å²) in [6.45, 7) is 4.41. The monoisotopic (exact) mass is 358 g/mol. The molecule has 1 aliphatic heterocycles. The molecular weight excluding hydrogens is 332 g/mol.